The van der Waals surface area contributed by atoms with Gasteiger partial charge in [0.2, 0.25) is 0 Å². The van der Waals surface area contributed by atoms with Crippen LogP contribution in [0, 0.1) is 17.1 Å². The maximum absolute atomic E-state index is 13.9. The van der Waals surface area contributed by atoms with E-state index >= 15 is 0 Å². The number of methoxy groups -OCH3 is 1. The van der Waals surface area contributed by atoms with E-state index in [1.165, 1.54) is 10.7 Å². The van der Waals surface area contributed by atoms with Crippen molar-refractivity contribution in [2.45, 2.75) is 6.54 Å². The Kier molecular flexibility index (Phi) is 4.02. The molecule has 3 rings (SSSR count). The molecule has 0 bridgehead atoms. The van der Waals surface area contributed by atoms with E-state index < -0.39 is 0 Å². The number of para-hydroxylation sites is 1. The van der Waals surface area contributed by atoms with Crippen LogP contribution in [0.5, 0.6) is 5.75 Å². The number of hydrogen-bond acceptors (Lipinski definition) is 4. The summed E-state index contributed by atoms with van der Waals surface area (Å²) < 4.78 is 20.7. The van der Waals surface area contributed by atoms with Crippen molar-refractivity contribution in [3.05, 3.63) is 65.6 Å². The molecule has 0 aliphatic heterocycles. The smallest absolute Gasteiger partial charge is 0.190 e. The summed E-state index contributed by atoms with van der Waals surface area (Å²) in [6, 6.07) is 15.7. The van der Waals surface area contributed by atoms with E-state index in [0.29, 0.717) is 22.6 Å². The average molecular weight is 308 g/mol. The van der Waals surface area contributed by atoms with Gasteiger partial charge >= 0.3 is 0 Å². The molecule has 1 heterocycles. The van der Waals surface area contributed by atoms with Gasteiger partial charge in [0.25, 0.3) is 0 Å². The minimum Gasteiger partial charge on any atom is -0.496 e. The standard InChI is InChI=1S/C17H13FN4O/c1-23-16-9-5-3-7-13(16)17-15(10-19)20-21-22(17)11-12-6-2-4-8-14(12)18/h2-9H,11H2,1H3. The minimum absolute atomic E-state index is 0.172. The second-order valence-corrected chi connectivity index (χ2v) is 4.85. The van der Waals surface area contributed by atoms with Gasteiger partial charge < -0.3 is 4.74 Å². The van der Waals surface area contributed by atoms with Crippen molar-refractivity contribution in [3.63, 3.8) is 0 Å². The van der Waals surface area contributed by atoms with Gasteiger partial charge in [-0.1, -0.05) is 35.5 Å². The Morgan fingerprint density at radius 3 is 2.65 bits per heavy atom. The number of nitriles is 1. The van der Waals surface area contributed by atoms with Gasteiger partial charge in [-0.25, -0.2) is 9.07 Å². The molecule has 0 atom stereocenters. The maximum Gasteiger partial charge on any atom is 0.190 e. The third-order valence-corrected chi connectivity index (χ3v) is 3.48. The van der Waals surface area contributed by atoms with Gasteiger partial charge in [-0.05, 0) is 18.2 Å². The SMILES string of the molecule is COc1ccccc1-c1c(C#N)nnn1Cc1ccccc1F. The summed E-state index contributed by atoms with van der Waals surface area (Å²) in [5.41, 5.74) is 1.84. The molecule has 0 amide bonds. The molecule has 2 aromatic carbocycles. The van der Waals surface area contributed by atoms with Crippen molar-refractivity contribution < 1.29 is 9.13 Å². The zero-order valence-corrected chi connectivity index (χ0v) is 12.4. The number of rotatable bonds is 4. The third-order valence-electron chi connectivity index (χ3n) is 3.48. The van der Waals surface area contributed by atoms with Gasteiger partial charge in [0.15, 0.2) is 5.69 Å². The summed E-state index contributed by atoms with van der Waals surface area (Å²) in [6.07, 6.45) is 0. The van der Waals surface area contributed by atoms with Crippen molar-refractivity contribution >= 4 is 0 Å². The Hall–Kier alpha value is -3.20. The van der Waals surface area contributed by atoms with E-state index in [1.807, 2.05) is 24.3 Å². The van der Waals surface area contributed by atoms with Crippen LogP contribution < -0.4 is 4.74 Å². The van der Waals surface area contributed by atoms with Crippen LogP contribution in [0.3, 0.4) is 0 Å². The normalized spacial score (nSPS) is 10.3. The van der Waals surface area contributed by atoms with Gasteiger partial charge in [0.05, 0.1) is 13.7 Å². The summed E-state index contributed by atoms with van der Waals surface area (Å²) in [6.45, 7) is 0.175. The molecule has 23 heavy (non-hydrogen) atoms. The minimum atomic E-state index is -0.326. The van der Waals surface area contributed by atoms with E-state index in [-0.39, 0.29) is 18.1 Å². The van der Waals surface area contributed by atoms with Gasteiger partial charge in [0, 0.05) is 11.1 Å². The van der Waals surface area contributed by atoms with Crippen LogP contribution in [-0.2, 0) is 6.54 Å². The second-order valence-electron chi connectivity index (χ2n) is 4.85. The molecule has 6 heteroatoms. The lowest BCUT2D eigenvalue weighted by Gasteiger charge is -2.11. The first-order valence-electron chi connectivity index (χ1n) is 6.95. The van der Waals surface area contributed by atoms with Crippen LogP contribution in [0.2, 0.25) is 0 Å². The zero-order valence-electron chi connectivity index (χ0n) is 12.4. The van der Waals surface area contributed by atoms with Gasteiger partial charge in [0.1, 0.15) is 23.3 Å². The van der Waals surface area contributed by atoms with Crippen LogP contribution >= 0.6 is 0 Å². The first-order valence-corrected chi connectivity index (χ1v) is 6.95. The predicted octanol–water partition coefficient (Wildman–Crippen LogP) is 3.01. The number of hydrogen-bond donors (Lipinski definition) is 0. The Balaban J connectivity index is 2.12. The van der Waals surface area contributed by atoms with Crippen LogP contribution in [0.15, 0.2) is 48.5 Å². The molecule has 0 radical (unpaired) electrons. The Morgan fingerprint density at radius 2 is 1.91 bits per heavy atom. The van der Waals surface area contributed by atoms with E-state index in [2.05, 4.69) is 10.3 Å². The number of halogens is 1. The average Bonchev–Trinajstić information content (AvgIpc) is 2.99. The van der Waals surface area contributed by atoms with Gasteiger partial charge in [-0.2, -0.15) is 5.26 Å². The number of benzene rings is 2. The Labute approximate surface area is 132 Å². The Morgan fingerprint density at radius 1 is 1.17 bits per heavy atom. The van der Waals surface area contributed by atoms with Gasteiger partial charge in [-0.3, -0.25) is 0 Å². The molecule has 0 fully saturated rings. The van der Waals surface area contributed by atoms with E-state index in [1.54, 1.807) is 31.4 Å². The number of ether oxygens (including phenoxy) is 1. The molecular weight excluding hydrogens is 295 g/mol. The number of nitrogens with zero attached hydrogens (tertiary/aromatic N) is 4. The van der Waals surface area contributed by atoms with Crippen LogP contribution in [0.1, 0.15) is 11.3 Å². The highest BCUT2D eigenvalue weighted by molar-refractivity contribution is 5.71. The molecule has 5 nitrogen and oxygen atoms in total. The molecule has 3 aromatic rings. The third kappa shape index (κ3) is 2.77. The largest absolute Gasteiger partial charge is 0.496 e. The van der Waals surface area contributed by atoms with Crippen molar-refractivity contribution in [2.24, 2.45) is 0 Å². The van der Waals surface area contributed by atoms with Gasteiger partial charge in [-0.15, -0.1) is 5.10 Å². The maximum atomic E-state index is 13.9. The predicted molar refractivity (Wildman–Crippen MR) is 82.2 cm³/mol. The summed E-state index contributed by atoms with van der Waals surface area (Å²) in [5.74, 6) is 0.272. The quantitative estimate of drug-likeness (QED) is 0.743. The van der Waals surface area contributed by atoms with Crippen molar-refractivity contribution in [2.75, 3.05) is 7.11 Å². The fraction of sp³-hybridized carbons (Fsp3) is 0.118. The van der Waals surface area contributed by atoms with E-state index in [0.717, 1.165) is 0 Å². The Bertz CT molecular complexity index is 882. The fourth-order valence-corrected chi connectivity index (χ4v) is 2.39. The molecule has 0 saturated carbocycles. The first kappa shape index (κ1) is 14.7. The highest BCUT2D eigenvalue weighted by Crippen LogP contribution is 2.31. The molecule has 1 aromatic heterocycles. The fourth-order valence-electron chi connectivity index (χ4n) is 2.39. The molecule has 0 aliphatic carbocycles. The van der Waals surface area contributed by atoms with E-state index in [4.69, 9.17) is 4.74 Å². The highest BCUT2D eigenvalue weighted by atomic mass is 19.1. The molecule has 0 N–H and O–H groups in total. The second kappa shape index (κ2) is 6.28. The molecule has 0 unspecified atom stereocenters. The van der Waals surface area contributed by atoms with Crippen molar-refractivity contribution in [1.29, 1.82) is 5.26 Å². The molecule has 0 saturated heterocycles. The highest BCUT2D eigenvalue weighted by Gasteiger charge is 2.19. The lowest BCUT2D eigenvalue weighted by molar-refractivity contribution is 0.416. The first-order chi connectivity index (χ1) is 11.2. The summed E-state index contributed by atoms with van der Waals surface area (Å²) in [4.78, 5) is 0. The monoisotopic (exact) mass is 308 g/mol. The zero-order chi connectivity index (χ0) is 16.2. The topological polar surface area (TPSA) is 63.7 Å². The molecular formula is C17H13FN4O. The van der Waals surface area contributed by atoms with Crippen LogP contribution in [0.25, 0.3) is 11.3 Å². The van der Waals surface area contributed by atoms with Crippen LogP contribution in [-0.4, -0.2) is 22.1 Å². The summed E-state index contributed by atoms with van der Waals surface area (Å²) >= 11 is 0. The van der Waals surface area contributed by atoms with E-state index in [9.17, 15) is 9.65 Å². The lowest BCUT2D eigenvalue weighted by Crippen LogP contribution is -2.06. The summed E-state index contributed by atoms with van der Waals surface area (Å²) in [5, 5.41) is 17.2. The molecule has 0 aliphatic rings. The number of aromatic nitrogens is 3. The summed E-state index contributed by atoms with van der Waals surface area (Å²) in [7, 11) is 1.55. The van der Waals surface area contributed by atoms with Crippen LogP contribution in [0.4, 0.5) is 4.39 Å². The molecule has 114 valence electrons. The molecule has 0 spiro atoms. The lowest BCUT2D eigenvalue weighted by atomic mass is 10.1. The van der Waals surface area contributed by atoms with Crippen molar-refractivity contribution in [3.8, 4) is 23.1 Å². The van der Waals surface area contributed by atoms with Crippen molar-refractivity contribution in [1.82, 2.24) is 15.0 Å².